The molecule has 1 fully saturated rings. The Morgan fingerprint density at radius 1 is 1.28 bits per heavy atom. The standard InChI is InChI=1S/C18H20F3N3O/c1-11-3-6-14(12(2)9-11)17(25)22-7-8-24-15(13-4-5-13)10-16(23-24)18(19,20)21/h3,6,9-10,13H,4-5,7-8H2,1-2H3,(H,22,25). The number of amides is 1. The predicted molar refractivity (Wildman–Crippen MR) is 87.5 cm³/mol. The van der Waals surface area contributed by atoms with Crippen LogP contribution in [-0.4, -0.2) is 22.2 Å². The molecular formula is C18H20F3N3O. The maximum atomic E-state index is 12.9. The van der Waals surface area contributed by atoms with Gasteiger partial charge in [0.2, 0.25) is 0 Å². The van der Waals surface area contributed by atoms with Gasteiger partial charge in [-0.15, -0.1) is 0 Å². The van der Waals surface area contributed by atoms with Gasteiger partial charge in [-0.2, -0.15) is 18.3 Å². The summed E-state index contributed by atoms with van der Waals surface area (Å²) in [4.78, 5) is 12.2. The van der Waals surface area contributed by atoms with Crippen molar-refractivity contribution in [3.63, 3.8) is 0 Å². The lowest BCUT2D eigenvalue weighted by Crippen LogP contribution is -2.28. The first-order valence-electron chi connectivity index (χ1n) is 8.26. The van der Waals surface area contributed by atoms with Gasteiger partial charge in [-0.05, 0) is 44.4 Å². The lowest BCUT2D eigenvalue weighted by Gasteiger charge is -2.10. The van der Waals surface area contributed by atoms with Crippen LogP contribution in [0.4, 0.5) is 13.2 Å². The maximum Gasteiger partial charge on any atom is 0.435 e. The first-order chi connectivity index (χ1) is 11.8. The molecule has 0 atom stereocenters. The Morgan fingerprint density at radius 3 is 2.60 bits per heavy atom. The minimum Gasteiger partial charge on any atom is -0.350 e. The van der Waals surface area contributed by atoms with E-state index in [0.717, 1.165) is 30.0 Å². The van der Waals surface area contributed by atoms with Gasteiger partial charge in [-0.25, -0.2) is 0 Å². The summed E-state index contributed by atoms with van der Waals surface area (Å²) in [5.74, 6) is -0.0766. The second-order valence-electron chi connectivity index (χ2n) is 6.52. The summed E-state index contributed by atoms with van der Waals surface area (Å²) in [6, 6.07) is 6.66. The summed E-state index contributed by atoms with van der Waals surface area (Å²) in [6.45, 7) is 4.25. The summed E-state index contributed by atoms with van der Waals surface area (Å²) in [5, 5.41) is 6.44. The number of hydrogen-bond acceptors (Lipinski definition) is 2. The molecule has 1 amide bonds. The predicted octanol–water partition coefficient (Wildman–Crippen LogP) is 3.83. The van der Waals surface area contributed by atoms with Crippen LogP contribution in [0.15, 0.2) is 24.3 Å². The topological polar surface area (TPSA) is 46.9 Å². The summed E-state index contributed by atoms with van der Waals surface area (Å²) in [5.41, 5.74) is 2.25. The number of benzene rings is 1. The molecule has 0 bridgehead atoms. The fourth-order valence-electron chi connectivity index (χ4n) is 2.90. The van der Waals surface area contributed by atoms with Crippen LogP contribution >= 0.6 is 0 Å². The Kier molecular flexibility index (Phi) is 4.58. The van der Waals surface area contributed by atoms with Crippen molar-refractivity contribution in [1.29, 1.82) is 0 Å². The molecule has 1 aromatic heterocycles. The van der Waals surface area contributed by atoms with Crippen molar-refractivity contribution in [3.05, 3.63) is 52.3 Å². The number of aromatic nitrogens is 2. The van der Waals surface area contributed by atoms with Crippen LogP contribution in [0.2, 0.25) is 0 Å². The lowest BCUT2D eigenvalue weighted by molar-refractivity contribution is -0.141. The van der Waals surface area contributed by atoms with E-state index in [9.17, 15) is 18.0 Å². The zero-order valence-corrected chi connectivity index (χ0v) is 14.2. The fourth-order valence-corrected chi connectivity index (χ4v) is 2.90. The van der Waals surface area contributed by atoms with Gasteiger partial charge in [-0.1, -0.05) is 17.7 Å². The van der Waals surface area contributed by atoms with E-state index in [4.69, 9.17) is 0 Å². The zero-order chi connectivity index (χ0) is 18.2. The molecule has 7 heteroatoms. The number of carbonyl (C=O) groups excluding carboxylic acids is 1. The average molecular weight is 351 g/mol. The van der Waals surface area contributed by atoms with E-state index in [-0.39, 0.29) is 24.9 Å². The van der Waals surface area contributed by atoms with Crippen LogP contribution in [0.1, 0.15) is 51.6 Å². The summed E-state index contributed by atoms with van der Waals surface area (Å²) in [6.07, 6.45) is -2.67. The third-order valence-corrected chi connectivity index (χ3v) is 4.33. The van der Waals surface area contributed by atoms with Crippen molar-refractivity contribution < 1.29 is 18.0 Å². The van der Waals surface area contributed by atoms with Crippen LogP contribution in [0, 0.1) is 13.8 Å². The molecule has 0 spiro atoms. The van der Waals surface area contributed by atoms with E-state index in [1.165, 1.54) is 4.68 Å². The highest BCUT2D eigenvalue weighted by Crippen LogP contribution is 2.42. The molecule has 4 nitrogen and oxygen atoms in total. The molecule has 1 N–H and O–H groups in total. The van der Waals surface area contributed by atoms with Gasteiger partial charge in [-0.3, -0.25) is 9.48 Å². The third kappa shape index (κ3) is 4.03. The Hall–Kier alpha value is -2.31. The number of halogens is 3. The van der Waals surface area contributed by atoms with E-state index in [0.29, 0.717) is 11.3 Å². The van der Waals surface area contributed by atoms with Gasteiger partial charge >= 0.3 is 6.18 Å². The number of carbonyl (C=O) groups is 1. The monoisotopic (exact) mass is 351 g/mol. The Morgan fingerprint density at radius 2 is 2.00 bits per heavy atom. The first kappa shape index (κ1) is 17.5. The number of alkyl halides is 3. The molecule has 1 heterocycles. The van der Waals surface area contributed by atoms with Gasteiger partial charge in [0.05, 0.1) is 6.54 Å². The van der Waals surface area contributed by atoms with Crippen LogP contribution in [-0.2, 0) is 12.7 Å². The molecule has 1 saturated carbocycles. The van der Waals surface area contributed by atoms with Crippen molar-refractivity contribution in [2.24, 2.45) is 0 Å². The summed E-state index contributed by atoms with van der Waals surface area (Å²) >= 11 is 0. The Bertz CT molecular complexity index is 791. The van der Waals surface area contributed by atoms with Crippen molar-refractivity contribution in [2.75, 3.05) is 6.54 Å². The van der Waals surface area contributed by atoms with E-state index in [1.807, 2.05) is 26.0 Å². The number of nitrogens with one attached hydrogen (secondary N) is 1. The Labute approximate surface area is 144 Å². The average Bonchev–Trinajstić information content (AvgIpc) is 3.26. The van der Waals surface area contributed by atoms with Crippen LogP contribution in [0.5, 0.6) is 0 Å². The molecule has 0 unspecified atom stereocenters. The quantitative estimate of drug-likeness (QED) is 0.890. The van der Waals surface area contributed by atoms with Gasteiger partial charge < -0.3 is 5.32 Å². The van der Waals surface area contributed by atoms with Crippen molar-refractivity contribution in [2.45, 2.75) is 45.3 Å². The third-order valence-electron chi connectivity index (χ3n) is 4.33. The molecule has 1 aliphatic rings. The summed E-state index contributed by atoms with van der Waals surface area (Å²) < 4.78 is 40.0. The molecule has 0 saturated heterocycles. The van der Waals surface area contributed by atoms with Gasteiger partial charge in [0, 0.05) is 23.7 Å². The second kappa shape index (κ2) is 6.54. The minimum absolute atomic E-state index is 0.152. The largest absolute Gasteiger partial charge is 0.435 e. The number of nitrogens with zero attached hydrogens (tertiary/aromatic N) is 2. The molecular weight excluding hydrogens is 331 g/mol. The number of aryl methyl sites for hydroxylation is 2. The smallest absolute Gasteiger partial charge is 0.350 e. The van der Waals surface area contributed by atoms with Crippen LogP contribution in [0.25, 0.3) is 0 Å². The van der Waals surface area contributed by atoms with E-state index in [2.05, 4.69) is 10.4 Å². The molecule has 134 valence electrons. The van der Waals surface area contributed by atoms with E-state index < -0.39 is 11.9 Å². The van der Waals surface area contributed by atoms with Crippen LogP contribution < -0.4 is 5.32 Å². The highest BCUT2D eigenvalue weighted by atomic mass is 19.4. The highest BCUT2D eigenvalue weighted by molar-refractivity contribution is 5.95. The molecule has 1 aromatic carbocycles. The highest BCUT2D eigenvalue weighted by Gasteiger charge is 2.37. The molecule has 3 rings (SSSR count). The van der Waals surface area contributed by atoms with E-state index >= 15 is 0 Å². The Balaban J connectivity index is 1.65. The fraction of sp³-hybridized carbons (Fsp3) is 0.444. The zero-order valence-electron chi connectivity index (χ0n) is 14.2. The van der Waals surface area contributed by atoms with Crippen molar-refractivity contribution in [1.82, 2.24) is 15.1 Å². The van der Waals surface area contributed by atoms with Crippen molar-refractivity contribution >= 4 is 5.91 Å². The molecule has 0 aliphatic heterocycles. The van der Waals surface area contributed by atoms with Crippen LogP contribution in [0.3, 0.4) is 0 Å². The molecule has 2 aromatic rings. The number of hydrogen-bond donors (Lipinski definition) is 1. The lowest BCUT2D eigenvalue weighted by atomic mass is 10.1. The first-order valence-corrected chi connectivity index (χ1v) is 8.26. The molecule has 1 aliphatic carbocycles. The second-order valence-corrected chi connectivity index (χ2v) is 6.52. The SMILES string of the molecule is Cc1ccc(C(=O)NCCn2nc(C(F)(F)F)cc2C2CC2)c(C)c1. The van der Waals surface area contributed by atoms with Crippen molar-refractivity contribution in [3.8, 4) is 0 Å². The van der Waals surface area contributed by atoms with E-state index in [1.54, 1.807) is 6.07 Å². The summed E-state index contributed by atoms with van der Waals surface area (Å²) in [7, 11) is 0. The molecule has 25 heavy (non-hydrogen) atoms. The van der Waals surface area contributed by atoms with Gasteiger partial charge in [0.1, 0.15) is 0 Å². The minimum atomic E-state index is -4.45. The van der Waals surface area contributed by atoms with Gasteiger partial charge in [0.25, 0.3) is 5.91 Å². The molecule has 0 radical (unpaired) electrons. The van der Waals surface area contributed by atoms with Gasteiger partial charge in [0.15, 0.2) is 5.69 Å². The maximum absolute atomic E-state index is 12.9. The number of rotatable bonds is 5. The normalized spacial score (nSPS) is 14.6.